The molecule has 0 fully saturated rings. The standard InChI is InChI=1S/C9H16N2O/c1-8(2,3)11-7(12)10-6-9(11,4)5/h6H,1-5H3. The number of urea groups is 1. The largest absolute Gasteiger partial charge is 0.344 e. The zero-order valence-corrected chi connectivity index (χ0v) is 8.38. The Morgan fingerprint density at radius 2 is 1.92 bits per heavy atom. The van der Waals surface area contributed by atoms with Crippen molar-refractivity contribution in [1.29, 1.82) is 0 Å². The van der Waals surface area contributed by atoms with Crippen LogP contribution in [0.3, 0.4) is 0 Å². The van der Waals surface area contributed by atoms with E-state index in [4.69, 9.17) is 0 Å². The first-order valence-electron chi connectivity index (χ1n) is 4.15. The van der Waals surface area contributed by atoms with Gasteiger partial charge in [0.1, 0.15) is 0 Å². The molecule has 1 aliphatic heterocycles. The van der Waals surface area contributed by atoms with Gasteiger partial charge in [0.25, 0.3) is 0 Å². The fraction of sp³-hybridized carbons (Fsp3) is 0.778. The molecule has 0 atom stereocenters. The van der Waals surface area contributed by atoms with E-state index < -0.39 is 0 Å². The smallest absolute Gasteiger partial charge is 0.308 e. The van der Waals surface area contributed by atoms with E-state index in [0.29, 0.717) is 0 Å². The average molecular weight is 168 g/mol. The molecule has 0 saturated carbocycles. The highest BCUT2D eigenvalue weighted by atomic mass is 16.2. The predicted octanol–water partition coefficient (Wildman–Crippen LogP) is 2.07. The summed E-state index contributed by atoms with van der Waals surface area (Å²) in [5.41, 5.74) is -0.396. The summed E-state index contributed by atoms with van der Waals surface area (Å²) in [5, 5.41) is 0. The summed E-state index contributed by atoms with van der Waals surface area (Å²) in [4.78, 5) is 17.0. The number of rotatable bonds is 0. The summed E-state index contributed by atoms with van der Waals surface area (Å²) in [6, 6.07) is -0.132. The van der Waals surface area contributed by atoms with Gasteiger partial charge in [0, 0.05) is 11.8 Å². The number of aliphatic imine (C=N–C) groups is 1. The van der Waals surface area contributed by atoms with Crippen molar-refractivity contribution in [2.24, 2.45) is 4.99 Å². The first-order valence-corrected chi connectivity index (χ1v) is 4.15. The molecule has 0 aromatic carbocycles. The minimum absolute atomic E-state index is 0.132. The van der Waals surface area contributed by atoms with Crippen LogP contribution in [0.4, 0.5) is 4.79 Å². The molecule has 3 heteroatoms. The zero-order valence-electron chi connectivity index (χ0n) is 8.38. The van der Waals surface area contributed by atoms with Crippen molar-refractivity contribution in [2.75, 3.05) is 0 Å². The number of hydrogen-bond acceptors (Lipinski definition) is 1. The Balaban J connectivity index is 2.99. The van der Waals surface area contributed by atoms with Gasteiger partial charge in [0.05, 0.1) is 5.54 Å². The second kappa shape index (κ2) is 2.31. The lowest BCUT2D eigenvalue weighted by Crippen LogP contribution is -2.53. The molecule has 0 aliphatic carbocycles. The van der Waals surface area contributed by atoms with Gasteiger partial charge in [0.15, 0.2) is 0 Å². The molecule has 0 aromatic rings. The molecular weight excluding hydrogens is 152 g/mol. The molecule has 2 amide bonds. The van der Waals surface area contributed by atoms with Crippen LogP contribution in [0.2, 0.25) is 0 Å². The van der Waals surface area contributed by atoms with Crippen molar-refractivity contribution in [1.82, 2.24) is 4.90 Å². The summed E-state index contributed by atoms with van der Waals surface area (Å²) >= 11 is 0. The zero-order chi connectivity index (χ0) is 9.57. The summed E-state index contributed by atoms with van der Waals surface area (Å²) in [7, 11) is 0. The van der Waals surface area contributed by atoms with Crippen LogP contribution >= 0.6 is 0 Å². The van der Waals surface area contributed by atoms with E-state index in [9.17, 15) is 4.79 Å². The van der Waals surface area contributed by atoms with Crippen LogP contribution in [0.5, 0.6) is 0 Å². The molecule has 0 N–H and O–H groups in total. The minimum Gasteiger partial charge on any atom is -0.308 e. The molecule has 0 spiro atoms. The van der Waals surface area contributed by atoms with E-state index in [1.54, 1.807) is 11.1 Å². The Bertz CT molecular complexity index is 235. The molecule has 1 heterocycles. The molecular formula is C9H16N2O. The molecule has 12 heavy (non-hydrogen) atoms. The normalized spacial score (nSPS) is 22.1. The molecule has 0 aromatic heterocycles. The van der Waals surface area contributed by atoms with E-state index in [1.807, 2.05) is 34.6 Å². The van der Waals surface area contributed by atoms with Gasteiger partial charge in [-0.25, -0.2) is 9.79 Å². The third-order valence-corrected chi connectivity index (χ3v) is 1.93. The second-order valence-electron chi connectivity index (χ2n) is 4.70. The SMILES string of the molecule is CC(C)(C)N1C(=O)N=CC1(C)C. The van der Waals surface area contributed by atoms with Crippen molar-refractivity contribution in [3.05, 3.63) is 0 Å². The topological polar surface area (TPSA) is 32.7 Å². The Hall–Kier alpha value is -0.860. The van der Waals surface area contributed by atoms with Gasteiger partial charge in [-0.2, -0.15) is 0 Å². The fourth-order valence-corrected chi connectivity index (χ4v) is 1.73. The average Bonchev–Trinajstić information content (AvgIpc) is 2.03. The van der Waals surface area contributed by atoms with Gasteiger partial charge in [0.2, 0.25) is 0 Å². The molecule has 1 aliphatic rings. The summed E-state index contributed by atoms with van der Waals surface area (Å²) in [6.45, 7) is 10.0. The first kappa shape index (κ1) is 9.23. The van der Waals surface area contributed by atoms with E-state index >= 15 is 0 Å². The van der Waals surface area contributed by atoms with E-state index in [0.717, 1.165) is 0 Å². The second-order valence-corrected chi connectivity index (χ2v) is 4.70. The minimum atomic E-state index is -0.241. The highest BCUT2D eigenvalue weighted by Gasteiger charge is 2.41. The Kier molecular flexibility index (Phi) is 1.78. The highest BCUT2D eigenvalue weighted by Crippen LogP contribution is 2.28. The molecule has 0 bridgehead atoms. The number of carbonyl (C=O) groups excluding carboxylic acids is 1. The van der Waals surface area contributed by atoms with Crippen LogP contribution < -0.4 is 0 Å². The number of nitrogens with zero attached hydrogens (tertiary/aromatic N) is 2. The highest BCUT2D eigenvalue weighted by molar-refractivity contribution is 5.95. The van der Waals surface area contributed by atoms with Gasteiger partial charge >= 0.3 is 6.03 Å². The molecule has 0 saturated heterocycles. The maximum atomic E-state index is 11.4. The van der Waals surface area contributed by atoms with Crippen molar-refractivity contribution in [3.63, 3.8) is 0 Å². The molecule has 0 unspecified atom stereocenters. The molecule has 3 nitrogen and oxygen atoms in total. The van der Waals surface area contributed by atoms with Crippen molar-refractivity contribution < 1.29 is 4.79 Å². The third kappa shape index (κ3) is 1.36. The van der Waals surface area contributed by atoms with Crippen LogP contribution in [0.1, 0.15) is 34.6 Å². The van der Waals surface area contributed by atoms with Gasteiger partial charge < -0.3 is 4.90 Å². The maximum absolute atomic E-state index is 11.4. The van der Waals surface area contributed by atoms with Gasteiger partial charge in [-0.1, -0.05) is 0 Å². The van der Waals surface area contributed by atoms with Crippen LogP contribution in [0.15, 0.2) is 4.99 Å². The number of amides is 2. The van der Waals surface area contributed by atoms with Gasteiger partial charge in [-0.05, 0) is 34.6 Å². The van der Waals surface area contributed by atoms with Crippen LogP contribution in [0.25, 0.3) is 0 Å². The summed E-state index contributed by atoms with van der Waals surface area (Å²) in [6.07, 6.45) is 1.71. The Labute approximate surface area is 73.5 Å². The quantitative estimate of drug-likeness (QED) is 0.545. The van der Waals surface area contributed by atoms with Crippen molar-refractivity contribution in [2.45, 2.75) is 45.7 Å². The summed E-state index contributed by atoms with van der Waals surface area (Å²) in [5.74, 6) is 0. The molecule has 0 radical (unpaired) electrons. The van der Waals surface area contributed by atoms with Crippen LogP contribution in [0, 0.1) is 0 Å². The van der Waals surface area contributed by atoms with E-state index in [-0.39, 0.29) is 17.1 Å². The van der Waals surface area contributed by atoms with Gasteiger partial charge in [-0.15, -0.1) is 0 Å². The van der Waals surface area contributed by atoms with Crippen LogP contribution in [-0.4, -0.2) is 28.2 Å². The van der Waals surface area contributed by atoms with Crippen molar-refractivity contribution in [3.8, 4) is 0 Å². The lowest BCUT2D eigenvalue weighted by Gasteiger charge is -2.40. The number of carbonyl (C=O) groups is 1. The first-order chi connectivity index (χ1) is 5.25. The lowest BCUT2D eigenvalue weighted by atomic mass is 9.97. The lowest BCUT2D eigenvalue weighted by molar-refractivity contribution is 0.116. The van der Waals surface area contributed by atoms with Crippen molar-refractivity contribution >= 4 is 12.2 Å². The Morgan fingerprint density at radius 1 is 1.42 bits per heavy atom. The number of hydrogen-bond donors (Lipinski definition) is 0. The van der Waals surface area contributed by atoms with Crippen LogP contribution in [-0.2, 0) is 0 Å². The predicted molar refractivity (Wildman–Crippen MR) is 49.6 cm³/mol. The summed E-state index contributed by atoms with van der Waals surface area (Å²) < 4.78 is 0. The fourth-order valence-electron chi connectivity index (χ4n) is 1.73. The van der Waals surface area contributed by atoms with E-state index in [2.05, 4.69) is 4.99 Å². The maximum Gasteiger partial charge on any atom is 0.344 e. The third-order valence-electron chi connectivity index (χ3n) is 1.93. The monoisotopic (exact) mass is 168 g/mol. The molecule has 68 valence electrons. The Morgan fingerprint density at radius 3 is 2.08 bits per heavy atom. The van der Waals surface area contributed by atoms with E-state index in [1.165, 1.54) is 0 Å². The van der Waals surface area contributed by atoms with Gasteiger partial charge in [-0.3, -0.25) is 0 Å². The molecule has 1 rings (SSSR count).